The van der Waals surface area contributed by atoms with E-state index in [4.69, 9.17) is 4.52 Å². The van der Waals surface area contributed by atoms with Gasteiger partial charge >= 0.3 is 0 Å². The number of amides is 1. The maximum absolute atomic E-state index is 12.4. The predicted molar refractivity (Wildman–Crippen MR) is 74.5 cm³/mol. The van der Waals surface area contributed by atoms with Crippen molar-refractivity contribution in [3.05, 3.63) is 35.5 Å². The number of hydrogen-bond acceptors (Lipinski definition) is 4. The largest absolute Gasteiger partial charge is 0.360 e. The Morgan fingerprint density at radius 1 is 1.45 bits per heavy atom. The predicted octanol–water partition coefficient (Wildman–Crippen LogP) is 2.12. The maximum atomic E-state index is 12.4. The average Bonchev–Trinajstić information content (AvgIpc) is 2.97. The zero-order valence-corrected chi connectivity index (χ0v) is 12.3. The van der Waals surface area contributed by atoms with Crippen LogP contribution in [0.15, 0.2) is 23.0 Å². The molecule has 6 nitrogen and oxygen atoms in total. The van der Waals surface area contributed by atoms with Gasteiger partial charge in [0.25, 0.3) is 5.91 Å². The fourth-order valence-corrected chi connectivity index (χ4v) is 2.09. The smallest absolute Gasteiger partial charge is 0.257 e. The van der Waals surface area contributed by atoms with Crippen LogP contribution in [0.3, 0.4) is 0 Å². The van der Waals surface area contributed by atoms with E-state index >= 15 is 0 Å². The van der Waals surface area contributed by atoms with Crippen molar-refractivity contribution < 1.29 is 9.32 Å². The van der Waals surface area contributed by atoms with Crippen LogP contribution < -0.4 is 5.32 Å². The number of nitrogens with one attached hydrogen (secondary N) is 1. The summed E-state index contributed by atoms with van der Waals surface area (Å²) in [6, 6.07) is 1.83. The van der Waals surface area contributed by atoms with Crippen LogP contribution in [0, 0.1) is 6.92 Å². The van der Waals surface area contributed by atoms with Crippen LogP contribution >= 0.6 is 0 Å². The molecule has 2 aromatic rings. The van der Waals surface area contributed by atoms with Crippen LogP contribution in [0.1, 0.15) is 48.5 Å². The Labute approximate surface area is 118 Å². The Morgan fingerprint density at radius 2 is 2.20 bits per heavy atom. The van der Waals surface area contributed by atoms with E-state index in [1.807, 2.05) is 33.0 Å². The van der Waals surface area contributed by atoms with Crippen LogP contribution in [0.2, 0.25) is 0 Å². The molecule has 0 aliphatic carbocycles. The summed E-state index contributed by atoms with van der Waals surface area (Å²) in [5.74, 6) is 0.608. The summed E-state index contributed by atoms with van der Waals surface area (Å²) in [7, 11) is 0. The highest BCUT2D eigenvalue weighted by Gasteiger charge is 2.23. The summed E-state index contributed by atoms with van der Waals surface area (Å²) in [6.07, 6.45) is 3.59. The minimum atomic E-state index is -0.146. The first-order valence-corrected chi connectivity index (χ1v) is 6.73. The first-order chi connectivity index (χ1) is 9.49. The highest BCUT2D eigenvalue weighted by Crippen LogP contribution is 2.22. The molecule has 6 heteroatoms. The molecule has 20 heavy (non-hydrogen) atoms. The van der Waals surface area contributed by atoms with E-state index < -0.39 is 0 Å². The molecule has 1 amide bonds. The summed E-state index contributed by atoms with van der Waals surface area (Å²) in [5, 5.41) is 11.0. The number of aromatic nitrogens is 3. The highest BCUT2D eigenvalue weighted by molar-refractivity contribution is 5.96. The molecule has 1 N–H and O–H groups in total. The maximum Gasteiger partial charge on any atom is 0.257 e. The summed E-state index contributed by atoms with van der Waals surface area (Å²) in [4.78, 5) is 12.4. The Balaban J connectivity index is 2.06. The monoisotopic (exact) mass is 276 g/mol. The third-order valence-electron chi connectivity index (χ3n) is 3.04. The molecule has 0 saturated heterocycles. The van der Waals surface area contributed by atoms with Crippen molar-refractivity contribution in [3.8, 4) is 0 Å². The third kappa shape index (κ3) is 3.07. The van der Waals surface area contributed by atoms with Crippen LogP contribution in [0.4, 0.5) is 0 Å². The van der Waals surface area contributed by atoms with Gasteiger partial charge in [-0.15, -0.1) is 0 Å². The summed E-state index contributed by atoms with van der Waals surface area (Å²) in [6.45, 7) is 8.30. The molecule has 2 heterocycles. The fraction of sp³-hybridized carbons (Fsp3) is 0.500. The minimum absolute atomic E-state index is 0.0308. The van der Waals surface area contributed by atoms with E-state index in [-0.39, 0.29) is 17.9 Å². The lowest BCUT2D eigenvalue weighted by atomic mass is 10.0. The van der Waals surface area contributed by atoms with Gasteiger partial charge in [-0.2, -0.15) is 5.10 Å². The van der Waals surface area contributed by atoms with Gasteiger partial charge in [0.15, 0.2) is 5.76 Å². The van der Waals surface area contributed by atoms with Gasteiger partial charge < -0.3 is 9.84 Å². The van der Waals surface area contributed by atoms with Crippen molar-refractivity contribution in [2.45, 2.75) is 46.2 Å². The number of hydrogen-bond donors (Lipinski definition) is 1. The van der Waals surface area contributed by atoms with E-state index in [0.29, 0.717) is 23.6 Å². The van der Waals surface area contributed by atoms with Crippen LogP contribution in [-0.2, 0) is 6.54 Å². The van der Waals surface area contributed by atoms with Crippen molar-refractivity contribution in [2.24, 2.45) is 0 Å². The van der Waals surface area contributed by atoms with Gasteiger partial charge in [-0.3, -0.25) is 9.48 Å². The molecule has 0 aliphatic heterocycles. The van der Waals surface area contributed by atoms with Gasteiger partial charge in [0.05, 0.1) is 12.2 Å². The van der Waals surface area contributed by atoms with Gasteiger partial charge in [0.1, 0.15) is 5.56 Å². The lowest BCUT2D eigenvalue weighted by molar-refractivity contribution is 0.0933. The standard InChI is InChI=1S/C14H20N4O2/c1-9(2)13-12(11(4)17-20-13)14(19)16-10(3)8-18-7-5-6-15-18/h5-7,9-10H,8H2,1-4H3,(H,16,19)/t10-/m0/s1. The summed E-state index contributed by atoms with van der Waals surface area (Å²) >= 11 is 0. The van der Waals surface area contributed by atoms with Gasteiger partial charge in [0.2, 0.25) is 0 Å². The van der Waals surface area contributed by atoms with E-state index in [9.17, 15) is 4.79 Å². The molecule has 0 radical (unpaired) electrons. The molecule has 0 fully saturated rings. The second-order valence-electron chi connectivity index (χ2n) is 5.26. The normalized spacial score (nSPS) is 12.7. The van der Waals surface area contributed by atoms with E-state index in [2.05, 4.69) is 15.6 Å². The van der Waals surface area contributed by atoms with Crippen molar-refractivity contribution >= 4 is 5.91 Å². The Bertz CT molecular complexity index is 572. The van der Waals surface area contributed by atoms with Crippen LogP contribution in [0.5, 0.6) is 0 Å². The minimum Gasteiger partial charge on any atom is -0.360 e. The number of carbonyl (C=O) groups excluding carboxylic acids is 1. The van der Waals surface area contributed by atoms with Crippen molar-refractivity contribution in [2.75, 3.05) is 0 Å². The summed E-state index contributed by atoms with van der Waals surface area (Å²) in [5.41, 5.74) is 1.17. The van der Waals surface area contributed by atoms with Gasteiger partial charge in [-0.1, -0.05) is 19.0 Å². The molecule has 1 atom stereocenters. The number of aryl methyl sites for hydroxylation is 1. The van der Waals surface area contributed by atoms with Crippen molar-refractivity contribution in [1.29, 1.82) is 0 Å². The molecule has 2 rings (SSSR count). The number of rotatable bonds is 5. The van der Waals surface area contributed by atoms with Gasteiger partial charge in [0, 0.05) is 24.4 Å². The molecule has 108 valence electrons. The van der Waals surface area contributed by atoms with Gasteiger partial charge in [-0.05, 0) is 19.9 Å². The van der Waals surface area contributed by atoms with Gasteiger partial charge in [-0.25, -0.2) is 0 Å². The van der Waals surface area contributed by atoms with E-state index in [1.54, 1.807) is 17.8 Å². The summed E-state index contributed by atoms with van der Waals surface area (Å²) < 4.78 is 7.02. The zero-order valence-electron chi connectivity index (χ0n) is 12.3. The average molecular weight is 276 g/mol. The molecule has 0 saturated carbocycles. The third-order valence-corrected chi connectivity index (χ3v) is 3.04. The molecule has 0 aliphatic rings. The first kappa shape index (κ1) is 14.3. The Kier molecular flexibility index (Phi) is 4.22. The molecule has 2 aromatic heterocycles. The number of nitrogens with zero attached hydrogens (tertiary/aromatic N) is 3. The first-order valence-electron chi connectivity index (χ1n) is 6.73. The van der Waals surface area contributed by atoms with E-state index in [0.717, 1.165) is 0 Å². The lowest BCUT2D eigenvalue weighted by Crippen LogP contribution is -2.36. The molecular weight excluding hydrogens is 256 g/mol. The quantitative estimate of drug-likeness (QED) is 0.908. The Morgan fingerprint density at radius 3 is 2.80 bits per heavy atom. The molecule has 0 bridgehead atoms. The second kappa shape index (κ2) is 5.90. The SMILES string of the molecule is Cc1noc(C(C)C)c1C(=O)N[C@@H](C)Cn1cccn1. The molecule has 0 spiro atoms. The molecule has 0 aromatic carbocycles. The second-order valence-corrected chi connectivity index (χ2v) is 5.26. The van der Waals surface area contributed by atoms with Crippen molar-refractivity contribution in [3.63, 3.8) is 0 Å². The van der Waals surface area contributed by atoms with Crippen LogP contribution in [-0.4, -0.2) is 26.9 Å². The lowest BCUT2D eigenvalue weighted by Gasteiger charge is -2.14. The zero-order chi connectivity index (χ0) is 14.7. The number of carbonyl (C=O) groups is 1. The Hall–Kier alpha value is -2.11. The highest BCUT2D eigenvalue weighted by atomic mass is 16.5. The topological polar surface area (TPSA) is 73.0 Å². The van der Waals surface area contributed by atoms with E-state index in [1.165, 1.54) is 0 Å². The molecular formula is C14H20N4O2. The fourth-order valence-electron chi connectivity index (χ4n) is 2.09. The van der Waals surface area contributed by atoms with Crippen LogP contribution in [0.25, 0.3) is 0 Å². The molecule has 0 unspecified atom stereocenters. The van der Waals surface area contributed by atoms with Crippen molar-refractivity contribution in [1.82, 2.24) is 20.3 Å².